The van der Waals surface area contributed by atoms with Gasteiger partial charge in [-0.1, -0.05) is 0 Å². The molecule has 1 aromatic carbocycles. The third kappa shape index (κ3) is 4.26. The molecule has 2 aromatic rings. The van der Waals surface area contributed by atoms with Gasteiger partial charge in [0.1, 0.15) is 11.6 Å². The van der Waals surface area contributed by atoms with E-state index in [9.17, 15) is 14.0 Å². The highest BCUT2D eigenvalue weighted by atomic mass is 32.1. The molecule has 0 bridgehead atoms. The summed E-state index contributed by atoms with van der Waals surface area (Å²) in [5, 5.41) is 3.75. The van der Waals surface area contributed by atoms with Crippen molar-refractivity contribution in [3.05, 3.63) is 58.0 Å². The molecule has 2 rings (SSSR count). The second-order valence-electron chi connectivity index (χ2n) is 4.27. The number of hydrogen-bond acceptors (Lipinski definition) is 5. The predicted molar refractivity (Wildman–Crippen MR) is 81.6 cm³/mol. The number of methoxy groups -OCH3 is 1. The summed E-state index contributed by atoms with van der Waals surface area (Å²) in [7, 11) is 1.37. The number of esters is 1. The van der Waals surface area contributed by atoms with E-state index in [0.29, 0.717) is 0 Å². The number of benzene rings is 1. The molecule has 0 spiro atoms. The molecule has 0 aliphatic rings. The number of hydrogen-bond donors (Lipinski definition) is 0. The van der Waals surface area contributed by atoms with E-state index >= 15 is 0 Å². The van der Waals surface area contributed by atoms with Crippen molar-refractivity contribution in [1.29, 1.82) is 0 Å². The molecule has 0 N–H and O–H groups in total. The fraction of sp³-hybridized carbons (Fsp3) is 0.125. The van der Waals surface area contributed by atoms with E-state index < -0.39 is 24.2 Å². The number of rotatable bonds is 6. The first-order chi connectivity index (χ1) is 10.6. The Labute approximate surface area is 130 Å². The third-order valence-electron chi connectivity index (χ3n) is 2.76. The van der Waals surface area contributed by atoms with Crippen molar-refractivity contribution in [1.82, 2.24) is 0 Å². The Hall–Kier alpha value is -2.47. The number of halogens is 1. The molecule has 0 aliphatic carbocycles. The molecule has 1 heterocycles. The maximum atomic E-state index is 13.2. The lowest BCUT2D eigenvalue weighted by Gasteiger charge is -2.07. The van der Waals surface area contributed by atoms with Gasteiger partial charge in [-0.3, -0.25) is 4.79 Å². The summed E-state index contributed by atoms with van der Waals surface area (Å²) >= 11 is 1.51. The van der Waals surface area contributed by atoms with E-state index in [4.69, 9.17) is 9.47 Å². The topological polar surface area (TPSA) is 52.6 Å². The number of carbonyl (C=O) groups is 2. The Morgan fingerprint density at radius 3 is 2.82 bits per heavy atom. The van der Waals surface area contributed by atoms with Gasteiger partial charge in [0.05, 0.1) is 12.7 Å². The molecule has 0 unspecified atom stereocenters. The van der Waals surface area contributed by atoms with Crippen LogP contribution in [0.1, 0.15) is 15.9 Å². The van der Waals surface area contributed by atoms with Crippen molar-refractivity contribution in [2.45, 2.75) is 0 Å². The number of Topliss-reactive ketones (excluding diaryl/α,β-unsaturated/α-hetero) is 1. The smallest absolute Gasteiger partial charge is 0.331 e. The fourth-order valence-electron chi connectivity index (χ4n) is 1.69. The molecule has 0 aliphatic heterocycles. The second kappa shape index (κ2) is 7.51. The summed E-state index contributed by atoms with van der Waals surface area (Å²) in [5.41, 5.74) is 0.914. The van der Waals surface area contributed by atoms with E-state index in [0.717, 1.165) is 11.6 Å². The van der Waals surface area contributed by atoms with Gasteiger partial charge >= 0.3 is 5.97 Å². The zero-order valence-corrected chi connectivity index (χ0v) is 12.6. The summed E-state index contributed by atoms with van der Waals surface area (Å²) in [6.45, 7) is -0.480. The monoisotopic (exact) mass is 320 g/mol. The Morgan fingerprint density at radius 1 is 1.32 bits per heavy atom. The van der Waals surface area contributed by atoms with Crippen LogP contribution in [0.2, 0.25) is 0 Å². The van der Waals surface area contributed by atoms with Crippen LogP contribution in [0.25, 0.3) is 6.08 Å². The number of carbonyl (C=O) groups excluding carboxylic acids is 2. The normalized spacial score (nSPS) is 10.6. The van der Waals surface area contributed by atoms with Gasteiger partial charge in [0, 0.05) is 6.08 Å². The molecule has 0 amide bonds. The minimum atomic E-state index is -0.644. The van der Waals surface area contributed by atoms with Gasteiger partial charge in [-0.05, 0) is 46.7 Å². The molecular formula is C16H13FO4S. The minimum Gasteiger partial charge on any atom is -0.496 e. The first kappa shape index (κ1) is 15.9. The average molecular weight is 320 g/mol. The highest BCUT2D eigenvalue weighted by Gasteiger charge is 2.15. The van der Waals surface area contributed by atoms with Gasteiger partial charge < -0.3 is 9.47 Å². The Kier molecular flexibility index (Phi) is 5.43. The summed E-state index contributed by atoms with van der Waals surface area (Å²) in [6, 6.07) is 5.43. The van der Waals surface area contributed by atoms with Gasteiger partial charge in [-0.25, -0.2) is 9.18 Å². The lowest BCUT2D eigenvalue weighted by Crippen LogP contribution is -2.13. The van der Waals surface area contributed by atoms with Gasteiger partial charge in [0.15, 0.2) is 6.61 Å². The van der Waals surface area contributed by atoms with Crippen LogP contribution in [0.4, 0.5) is 4.39 Å². The second-order valence-corrected chi connectivity index (χ2v) is 5.05. The van der Waals surface area contributed by atoms with Crippen molar-refractivity contribution in [3.8, 4) is 5.75 Å². The van der Waals surface area contributed by atoms with Gasteiger partial charge in [-0.2, -0.15) is 11.3 Å². The molecule has 22 heavy (non-hydrogen) atoms. The maximum absolute atomic E-state index is 13.2. The lowest BCUT2D eigenvalue weighted by molar-refractivity contribution is -0.136. The Morgan fingerprint density at radius 2 is 2.14 bits per heavy atom. The summed E-state index contributed by atoms with van der Waals surface area (Å²) in [4.78, 5) is 23.5. The van der Waals surface area contributed by atoms with Crippen LogP contribution in [0.5, 0.6) is 5.75 Å². The SMILES string of the molecule is COc1ccc(F)cc1C(=O)COC(=O)/C=C/c1ccsc1. The fourth-order valence-corrected chi connectivity index (χ4v) is 2.32. The maximum Gasteiger partial charge on any atom is 0.331 e. The van der Waals surface area contributed by atoms with Crippen LogP contribution >= 0.6 is 11.3 Å². The van der Waals surface area contributed by atoms with Crippen molar-refractivity contribution in [2.75, 3.05) is 13.7 Å². The molecule has 0 radical (unpaired) electrons. The van der Waals surface area contributed by atoms with Crippen molar-refractivity contribution in [2.24, 2.45) is 0 Å². The van der Waals surface area contributed by atoms with E-state index in [1.165, 1.54) is 36.7 Å². The Balaban J connectivity index is 1.95. The van der Waals surface area contributed by atoms with Crippen molar-refractivity contribution < 1.29 is 23.5 Å². The highest BCUT2D eigenvalue weighted by Crippen LogP contribution is 2.20. The number of ketones is 1. The molecule has 1 aromatic heterocycles. The van der Waals surface area contributed by atoms with Crippen LogP contribution in [-0.2, 0) is 9.53 Å². The summed E-state index contributed by atoms with van der Waals surface area (Å²) in [6.07, 6.45) is 2.82. The van der Waals surface area contributed by atoms with Gasteiger partial charge in [0.25, 0.3) is 0 Å². The van der Waals surface area contributed by atoms with E-state index in [1.807, 2.05) is 16.8 Å². The van der Waals surface area contributed by atoms with Crippen LogP contribution in [0.3, 0.4) is 0 Å². The van der Waals surface area contributed by atoms with Gasteiger partial charge in [-0.15, -0.1) is 0 Å². The number of thiophene rings is 1. The first-order valence-electron chi connectivity index (χ1n) is 6.34. The standard InChI is InChI=1S/C16H13FO4S/c1-20-15-4-3-12(17)8-13(15)14(18)9-21-16(19)5-2-11-6-7-22-10-11/h2-8,10H,9H2,1H3/b5-2+. The molecule has 0 fully saturated rings. The van der Waals surface area contributed by atoms with Gasteiger partial charge in [0.2, 0.25) is 5.78 Å². The van der Waals surface area contributed by atoms with Crippen LogP contribution in [0.15, 0.2) is 41.1 Å². The molecule has 0 atom stereocenters. The zero-order valence-electron chi connectivity index (χ0n) is 11.7. The van der Waals surface area contributed by atoms with E-state index in [1.54, 1.807) is 6.08 Å². The van der Waals surface area contributed by atoms with Crippen LogP contribution in [0, 0.1) is 5.82 Å². The minimum absolute atomic E-state index is 0.0390. The van der Waals surface area contributed by atoms with Crippen molar-refractivity contribution >= 4 is 29.2 Å². The van der Waals surface area contributed by atoms with Crippen LogP contribution in [-0.4, -0.2) is 25.5 Å². The van der Waals surface area contributed by atoms with Crippen LogP contribution < -0.4 is 4.74 Å². The summed E-state index contributed by atoms with van der Waals surface area (Å²) < 4.78 is 23.0. The van der Waals surface area contributed by atoms with E-state index in [2.05, 4.69) is 0 Å². The molecule has 4 nitrogen and oxygen atoms in total. The predicted octanol–water partition coefficient (Wildman–Crippen LogP) is 3.34. The first-order valence-corrected chi connectivity index (χ1v) is 7.28. The quantitative estimate of drug-likeness (QED) is 0.465. The Bertz CT molecular complexity index is 692. The molecule has 0 saturated heterocycles. The zero-order chi connectivity index (χ0) is 15.9. The van der Waals surface area contributed by atoms with Crippen molar-refractivity contribution in [3.63, 3.8) is 0 Å². The molecule has 0 saturated carbocycles. The molecule has 114 valence electrons. The lowest BCUT2D eigenvalue weighted by atomic mass is 10.1. The molecule has 6 heteroatoms. The number of ether oxygens (including phenoxy) is 2. The highest BCUT2D eigenvalue weighted by molar-refractivity contribution is 7.08. The third-order valence-corrected chi connectivity index (χ3v) is 3.46. The average Bonchev–Trinajstić information content (AvgIpc) is 3.04. The largest absolute Gasteiger partial charge is 0.496 e. The van der Waals surface area contributed by atoms with E-state index in [-0.39, 0.29) is 11.3 Å². The molecular weight excluding hydrogens is 307 g/mol. The summed E-state index contributed by atoms with van der Waals surface area (Å²) in [5.74, 6) is -1.51.